The molecule has 0 rings (SSSR count). The topological polar surface area (TPSA) is 55.8 Å². The average molecular weight is 262 g/mol. The number of aldehydes is 1. The van der Waals surface area contributed by atoms with Crippen LogP contribution in [0.2, 0.25) is 0 Å². The molecule has 0 aliphatic rings. The Morgan fingerprint density at radius 3 is 2.00 bits per heavy atom. The summed E-state index contributed by atoms with van der Waals surface area (Å²) < 4.78 is 9.35. The van der Waals surface area contributed by atoms with E-state index in [4.69, 9.17) is 0 Å². The fourth-order valence-electron chi connectivity index (χ4n) is 1.26. The molecule has 0 aliphatic carbocycles. The van der Waals surface area contributed by atoms with Gasteiger partial charge in [-0.3, -0.25) is 0 Å². The molecule has 1 atom stereocenters. The second kappa shape index (κ2) is 11.6. The van der Waals surface area contributed by atoms with Crippen molar-refractivity contribution in [1.82, 2.24) is 0 Å². The number of aliphatic hydroxyl groups is 1. The molecule has 0 aromatic rings. The molecule has 1 unspecified atom stereocenters. The van der Waals surface area contributed by atoms with Crippen molar-refractivity contribution in [3.63, 3.8) is 0 Å². The maximum Gasteiger partial charge on any atom is 0.154 e. The summed E-state index contributed by atoms with van der Waals surface area (Å²) in [7, 11) is 3.21. The smallest absolute Gasteiger partial charge is 0.154 e. The van der Waals surface area contributed by atoms with Gasteiger partial charge in [-0.05, 0) is 33.1 Å². The van der Waals surface area contributed by atoms with Crippen LogP contribution in [0.1, 0.15) is 53.4 Å². The van der Waals surface area contributed by atoms with E-state index in [1.165, 1.54) is 0 Å². The number of carbonyl (C=O) groups excluding carboxylic acids is 1. The van der Waals surface area contributed by atoms with E-state index in [9.17, 15) is 9.90 Å². The van der Waals surface area contributed by atoms with Gasteiger partial charge in [-0.15, -0.1) is 0 Å². The SMILES string of the molecule is CC(CC=O)CCCC(C)(C)O.COC(C)OC. The molecule has 0 fully saturated rings. The Kier molecular flexibility index (Phi) is 12.8. The third kappa shape index (κ3) is 17.9. The third-order valence-electron chi connectivity index (χ3n) is 2.65. The van der Waals surface area contributed by atoms with Crippen LogP contribution in [-0.2, 0) is 14.3 Å². The van der Waals surface area contributed by atoms with Gasteiger partial charge in [0.05, 0.1) is 5.60 Å². The monoisotopic (exact) mass is 262 g/mol. The first kappa shape index (κ1) is 19.9. The zero-order valence-corrected chi connectivity index (χ0v) is 12.7. The molecule has 1 N–H and O–H groups in total. The summed E-state index contributed by atoms with van der Waals surface area (Å²) in [6, 6.07) is 0. The van der Waals surface area contributed by atoms with Crippen molar-refractivity contribution >= 4 is 6.29 Å². The minimum Gasteiger partial charge on any atom is -0.390 e. The molecular weight excluding hydrogens is 232 g/mol. The summed E-state index contributed by atoms with van der Waals surface area (Å²) in [5.74, 6) is 0.463. The molecule has 0 spiro atoms. The van der Waals surface area contributed by atoms with Gasteiger partial charge in [-0.25, -0.2) is 0 Å². The van der Waals surface area contributed by atoms with Crippen LogP contribution in [0.4, 0.5) is 0 Å². The molecule has 110 valence electrons. The van der Waals surface area contributed by atoms with Crippen LogP contribution in [0.15, 0.2) is 0 Å². The Morgan fingerprint density at radius 2 is 1.72 bits per heavy atom. The van der Waals surface area contributed by atoms with Crippen LogP contribution < -0.4 is 0 Å². The molecule has 0 saturated heterocycles. The fraction of sp³-hybridized carbons (Fsp3) is 0.929. The molecule has 0 amide bonds. The van der Waals surface area contributed by atoms with E-state index >= 15 is 0 Å². The van der Waals surface area contributed by atoms with Crippen molar-refractivity contribution in [3.8, 4) is 0 Å². The van der Waals surface area contributed by atoms with Gasteiger partial charge in [0.2, 0.25) is 0 Å². The largest absolute Gasteiger partial charge is 0.390 e. The van der Waals surface area contributed by atoms with Crippen molar-refractivity contribution in [2.24, 2.45) is 5.92 Å². The average Bonchev–Trinajstić information content (AvgIpc) is 2.27. The Bertz CT molecular complexity index is 183. The lowest BCUT2D eigenvalue weighted by atomic mass is 9.96. The molecule has 0 radical (unpaired) electrons. The molecule has 0 bridgehead atoms. The summed E-state index contributed by atoms with van der Waals surface area (Å²) in [6.07, 6.45) is 4.39. The van der Waals surface area contributed by atoms with E-state index in [1.54, 1.807) is 14.2 Å². The Labute approximate surface area is 112 Å². The number of methoxy groups -OCH3 is 2. The first-order valence-electron chi connectivity index (χ1n) is 6.48. The van der Waals surface area contributed by atoms with Crippen molar-refractivity contribution in [2.45, 2.75) is 65.3 Å². The summed E-state index contributed by atoms with van der Waals surface area (Å²) in [5, 5.41) is 9.39. The first-order valence-corrected chi connectivity index (χ1v) is 6.48. The Hall–Kier alpha value is -0.450. The van der Waals surface area contributed by atoms with Crippen LogP contribution in [0.25, 0.3) is 0 Å². The van der Waals surface area contributed by atoms with Gasteiger partial charge in [-0.1, -0.05) is 19.8 Å². The van der Waals surface area contributed by atoms with Gasteiger partial charge in [0.25, 0.3) is 0 Å². The van der Waals surface area contributed by atoms with Crippen molar-refractivity contribution in [2.75, 3.05) is 14.2 Å². The summed E-state index contributed by atoms with van der Waals surface area (Å²) in [4.78, 5) is 10.1. The van der Waals surface area contributed by atoms with Gasteiger partial charge >= 0.3 is 0 Å². The lowest BCUT2D eigenvalue weighted by Crippen LogP contribution is -2.18. The van der Waals surface area contributed by atoms with Crippen LogP contribution >= 0.6 is 0 Å². The Morgan fingerprint density at radius 1 is 1.22 bits per heavy atom. The van der Waals surface area contributed by atoms with Gasteiger partial charge in [0.15, 0.2) is 6.29 Å². The molecule has 0 heterocycles. The van der Waals surface area contributed by atoms with E-state index in [2.05, 4.69) is 16.4 Å². The second-order valence-corrected chi connectivity index (χ2v) is 5.25. The maximum absolute atomic E-state index is 10.1. The number of hydrogen-bond acceptors (Lipinski definition) is 4. The van der Waals surface area contributed by atoms with Crippen LogP contribution in [0, 0.1) is 5.92 Å². The minimum absolute atomic E-state index is 0.0648. The van der Waals surface area contributed by atoms with Gasteiger partial charge in [0, 0.05) is 20.6 Å². The molecule has 0 aromatic heterocycles. The molecule has 4 nitrogen and oxygen atoms in total. The molecule has 0 aromatic carbocycles. The highest BCUT2D eigenvalue weighted by Gasteiger charge is 2.12. The second-order valence-electron chi connectivity index (χ2n) is 5.25. The Balaban J connectivity index is 0. The lowest BCUT2D eigenvalue weighted by molar-refractivity contribution is -0.108. The third-order valence-corrected chi connectivity index (χ3v) is 2.65. The van der Waals surface area contributed by atoms with Crippen molar-refractivity contribution < 1.29 is 19.4 Å². The molecule has 0 aliphatic heterocycles. The van der Waals surface area contributed by atoms with Crippen LogP contribution in [0.5, 0.6) is 0 Å². The predicted octanol–water partition coefficient (Wildman–Crippen LogP) is 2.78. The fourth-order valence-corrected chi connectivity index (χ4v) is 1.26. The van der Waals surface area contributed by atoms with Gasteiger partial charge < -0.3 is 19.4 Å². The van der Waals surface area contributed by atoms with E-state index in [1.807, 2.05) is 20.8 Å². The zero-order valence-electron chi connectivity index (χ0n) is 12.7. The normalized spacial score (nSPS) is 12.9. The molecule has 4 heteroatoms. The highest BCUT2D eigenvalue weighted by atomic mass is 16.7. The number of rotatable bonds is 8. The number of hydrogen-bond donors (Lipinski definition) is 1. The molecule has 0 saturated carbocycles. The minimum atomic E-state index is -0.555. The standard InChI is InChI=1S/C10H20O2.C4H10O2/c1-9(6-8-11)5-4-7-10(2,3)12;1-4(5-2)6-3/h8-9,12H,4-7H2,1-3H3;4H,1-3H3. The van der Waals surface area contributed by atoms with Crippen molar-refractivity contribution in [1.29, 1.82) is 0 Å². The molecule has 18 heavy (non-hydrogen) atoms. The molecular formula is C14H30O4. The highest BCUT2D eigenvalue weighted by Crippen LogP contribution is 2.16. The van der Waals surface area contributed by atoms with Gasteiger partial charge in [0.1, 0.15) is 6.29 Å². The van der Waals surface area contributed by atoms with E-state index < -0.39 is 5.60 Å². The van der Waals surface area contributed by atoms with E-state index in [0.717, 1.165) is 25.5 Å². The summed E-state index contributed by atoms with van der Waals surface area (Å²) in [6.45, 7) is 7.54. The van der Waals surface area contributed by atoms with Gasteiger partial charge in [-0.2, -0.15) is 0 Å². The van der Waals surface area contributed by atoms with Crippen LogP contribution in [0.3, 0.4) is 0 Å². The zero-order chi connectivity index (χ0) is 14.6. The summed E-state index contributed by atoms with van der Waals surface area (Å²) >= 11 is 0. The van der Waals surface area contributed by atoms with E-state index in [0.29, 0.717) is 12.3 Å². The predicted molar refractivity (Wildman–Crippen MR) is 73.5 cm³/mol. The number of ether oxygens (including phenoxy) is 2. The lowest BCUT2D eigenvalue weighted by Gasteiger charge is -2.17. The first-order chi connectivity index (χ1) is 8.26. The number of carbonyl (C=O) groups is 1. The quantitative estimate of drug-likeness (QED) is 0.540. The van der Waals surface area contributed by atoms with E-state index in [-0.39, 0.29) is 6.29 Å². The van der Waals surface area contributed by atoms with Crippen LogP contribution in [-0.4, -0.2) is 37.5 Å². The van der Waals surface area contributed by atoms with Crippen molar-refractivity contribution in [3.05, 3.63) is 0 Å². The maximum atomic E-state index is 10.1. The highest BCUT2D eigenvalue weighted by molar-refractivity contribution is 5.49. The summed E-state index contributed by atoms with van der Waals surface area (Å²) in [5.41, 5.74) is -0.555.